The average Bonchev–Trinajstić information content (AvgIpc) is 3.39. The van der Waals surface area contributed by atoms with Crippen molar-refractivity contribution >= 4 is 44.3 Å². The molecule has 0 aliphatic rings. The van der Waals surface area contributed by atoms with Gasteiger partial charge in [-0.25, -0.2) is 14.8 Å². The van der Waals surface area contributed by atoms with Gasteiger partial charge in [-0.2, -0.15) is 5.26 Å². The van der Waals surface area contributed by atoms with Crippen LogP contribution in [0.25, 0.3) is 49.5 Å². The summed E-state index contributed by atoms with van der Waals surface area (Å²) in [6, 6.07) is 32.2. The van der Waals surface area contributed by atoms with E-state index in [-0.39, 0.29) is 11.4 Å². The third-order valence-electron chi connectivity index (χ3n) is 6.37. The largest absolute Gasteiger partial charge is 0.507 e. The van der Waals surface area contributed by atoms with Crippen LogP contribution in [-0.2, 0) is 4.74 Å². The summed E-state index contributed by atoms with van der Waals surface area (Å²) in [4.78, 5) is 25.5. The van der Waals surface area contributed by atoms with Gasteiger partial charge in [-0.3, -0.25) is 0 Å². The van der Waals surface area contributed by atoms with Gasteiger partial charge in [-0.05, 0) is 35.0 Å². The van der Waals surface area contributed by atoms with Crippen molar-refractivity contribution in [2.24, 2.45) is 0 Å². The molecule has 0 aliphatic carbocycles. The van der Waals surface area contributed by atoms with E-state index in [9.17, 15) is 15.2 Å². The van der Waals surface area contributed by atoms with Gasteiger partial charge >= 0.3 is 5.97 Å². The second-order valence-corrected chi connectivity index (χ2v) is 8.71. The van der Waals surface area contributed by atoms with Crippen LogP contribution in [0.1, 0.15) is 16.2 Å². The molecule has 2 aromatic heterocycles. The summed E-state index contributed by atoms with van der Waals surface area (Å²) in [6.07, 6.45) is 0. The molecule has 38 heavy (non-hydrogen) atoms. The van der Waals surface area contributed by atoms with Crippen LogP contribution < -0.4 is 0 Å². The molecule has 7 nitrogen and oxygen atoms in total. The van der Waals surface area contributed by atoms with Crippen LogP contribution in [-0.4, -0.2) is 32.6 Å². The number of nitriles is 1. The summed E-state index contributed by atoms with van der Waals surface area (Å²) < 4.78 is 5.49. The summed E-state index contributed by atoms with van der Waals surface area (Å²) in [5.41, 5.74) is 3.77. The first-order chi connectivity index (χ1) is 18.6. The molecule has 0 atom stereocenters. The zero-order valence-corrected chi connectivity index (χ0v) is 20.1. The molecule has 0 unspecified atom stereocenters. The molecule has 0 spiro atoms. The second-order valence-electron chi connectivity index (χ2n) is 8.71. The van der Waals surface area contributed by atoms with Crippen LogP contribution in [0.3, 0.4) is 0 Å². The van der Waals surface area contributed by atoms with Crippen LogP contribution in [0.4, 0.5) is 0 Å². The number of aliphatic hydroxyl groups excluding tert-OH is 1. The molecule has 6 aromatic rings. The van der Waals surface area contributed by atoms with Crippen LogP contribution in [0.2, 0.25) is 0 Å². The Balaban J connectivity index is 1.36. The highest BCUT2D eigenvalue weighted by atomic mass is 16.5. The van der Waals surface area contributed by atoms with Crippen molar-refractivity contribution < 1.29 is 14.6 Å². The zero-order valence-electron chi connectivity index (χ0n) is 20.1. The molecule has 0 saturated heterocycles. The normalized spacial score (nSPS) is 11.9. The number of aromatic amines is 1. The third kappa shape index (κ3) is 4.10. The van der Waals surface area contributed by atoms with Gasteiger partial charge in [0.1, 0.15) is 18.2 Å². The number of aliphatic hydroxyl groups is 1. The maximum atomic E-state index is 13.3. The summed E-state index contributed by atoms with van der Waals surface area (Å²) in [5.74, 6) is -0.832. The minimum Gasteiger partial charge on any atom is -0.507 e. The van der Waals surface area contributed by atoms with Gasteiger partial charge in [0.2, 0.25) is 0 Å². The number of pyridine rings is 1. The van der Waals surface area contributed by atoms with E-state index in [0.29, 0.717) is 27.7 Å². The number of carbonyl (C=O) groups excluding carboxylic acids is 1. The van der Waals surface area contributed by atoms with Gasteiger partial charge in [-0.15, -0.1) is 0 Å². The third-order valence-corrected chi connectivity index (χ3v) is 6.37. The number of fused-ring (bicyclic) bond motifs is 3. The Morgan fingerprint density at radius 3 is 2.39 bits per heavy atom. The van der Waals surface area contributed by atoms with Crippen LogP contribution >= 0.6 is 0 Å². The highest BCUT2D eigenvalue weighted by Crippen LogP contribution is 2.31. The summed E-state index contributed by atoms with van der Waals surface area (Å²) in [7, 11) is 0. The first kappa shape index (κ1) is 23.0. The van der Waals surface area contributed by atoms with Gasteiger partial charge in [0.15, 0.2) is 11.6 Å². The highest BCUT2D eigenvalue weighted by molar-refractivity contribution is 6.06. The number of aromatic nitrogens is 3. The number of para-hydroxylation sites is 3. The standard InChI is InChI=1S/C31H20N4O3/c32-17-24(30-34-26-14-5-6-15-27(26)35-30)29(36)18-38-31(37)23-16-28(33-25-13-4-3-11-22(23)25)21-12-7-9-19-8-1-2-10-20(19)21/h1-16,36H,18H2,(H,34,35)/b29-24-. The second kappa shape index (κ2) is 9.52. The van der Waals surface area contributed by atoms with E-state index >= 15 is 0 Å². The quantitative estimate of drug-likeness (QED) is 0.158. The fourth-order valence-electron chi connectivity index (χ4n) is 4.54. The zero-order chi connectivity index (χ0) is 26.1. The van der Waals surface area contributed by atoms with Crippen LogP contribution in [0.5, 0.6) is 0 Å². The maximum Gasteiger partial charge on any atom is 0.339 e. The molecular formula is C31H20N4O3. The fourth-order valence-corrected chi connectivity index (χ4v) is 4.54. The molecular weight excluding hydrogens is 476 g/mol. The van der Waals surface area contributed by atoms with Crippen LogP contribution in [0, 0.1) is 11.3 Å². The number of nitrogens with one attached hydrogen (secondary N) is 1. The Morgan fingerprint density at radius 2 is 1.58 bits per heavy atom. The van der Waals surface area contributed by atoms with Crippen molar-refractivity contribution in [2.75, 3.05) is 6.61 Å². The number of hydrogen-bond acceptors (Lipinski definition) is 6. The number of ether oxygens (including phenoxy) is 1. The number of imidazole rings is 1. The first-order valence-corrected chi connectivity index (χ1v) is 11.9. The lowest BCUT2D eigenvalue weighted by Gasteiger charge is -2.12. The Kier molecular flexibility index (Phi) is 5.75. The Labute approximate surface area is 217 Å². The predicted octanol–water partition coefficient (Wildman–Crippen LogP) is 6.58. The number of esters is 1. The number of rotatable bonds is 5. The van der Waals surface area contributed by atoms with E-state index in [4.69, 9.17) is 9.72 Å². The smallest absolute Gasteiger partial charge is 0.339 e. The van der Waals surface area contributed by atoms with Crippen molar-refractivity contribution in [3.8, 4) is 17.3 Å². The van der Waals surface area contributed by atoms with E-state index in [1.165, 1.54) is 0 Å². The maximum absolute atomic E-state index is 13.3. The number of nitrogens with zero attached hydrogens (tertiary/aromatic N) is 3. The number of allylic oxidation sites excluding steroid dienone is 1. The van der Waals surface area contributed by atoms with E-state index in [0.717, 1.165) is 21.9 Å². The van der Waals surface area contributed by atoms with Crippen molar-refractivity contribution in [2.45, 2.75) is 0 Å². The van der Waals surface area contributed by atoms with E-state index in [1.807, 2.05) is 84.9 Å². The van der Waals surface area contributed by atoms with E-state index in [2.05, 4.69) is 9.97 Å². The first-order valence-electron chi connectivity index (χ1n) is 11.9. The van der Waals surface area contributed by atoms with Gasteiger partial charge in [-0.1, -0.05) is 72.8 Å². The Morgan fingerprint density at radius 1 is 0.868 bits per heavy atom. The van der Waals surface area contributed by atoms with Gasteiger partial charge in [0.25, 0.3) is 0 Å². The number of hydrogen-bond donors (Lipinski definition) is 2. The number of carbonyl (C=O) groups is 1. The molecule has 0 saturated carbocycles. The van der Waals surface area contributed by atoms with Crippen molar-refractivity contribution in [1.29, 1.82) is 5.26 Å². The summed E-state index contributed by atoms with van der Waals surface area (Å²) in [5, 5.41) is 23.0. The molecule has 0 bridgehead atoms. The summed E-state index contributed by atoms with van der Waals surface area (Å²) in [6.45, 7) is -0.487. The summed E-state index contributed by atoms with van der Waals surface area (Å²) >= 11 is 0. The molecule has 2 heterocycles. The number of H-pyrrole nitrogens is 1. The molecule has 6 rings (SSSR count). The Hall–Kier alpha value is -5.48. The van der Waals surface area contributed by atoms with Crippen molar-refractivity contribution in [3.63, 3.8) is 0 Å². The minimum atomic E-state index is -0.640. The van der Waals surface area contributed by atoms with Crippen molar-refractivity contribution in [1.82, 2.24) is 15.0 Å². The van der Waals surface area contributed by atoms with Crippen LogP contribution in [0.15, 0.2) is 103 Å². The monoisotopic (exact) mass is 496 g/mol. The molecule has 0 radical (unpaired) electrons. The molecule has 182 valence electrons. The highest BCUT2D eigenvalue weighted by Gasteiger charge is 2.19. The van der Waals surface area contributed by atoms with Crippen molar-refractivity contribution in [3.05, 3.63) is 114 Å². The van der Waals surface area contributed by atoms with Gasteiger partial charge in [0, 0.05) is 10.9 Å². The fraction of sp³-hybridized carbons (Fsp3) is 0.0323. The Bertz CT molecular complexity index is 1890. The van der Waals surface area contributed by atoms with Gasteiger partial charge < -0.3 is 14.8 Å². The minimum absolute atomic E-state index is 0.0926. The van der Waals surface area contributed by atoms with E-state index in [1.54, 1.807) is 18.2 Å². The van der Waals surface area contributed by atoms with Gasteiger partial charge in [0.05, 0.1) is 27.8 Å². The topological polar surface area (TPSA) is 112 Å². The lowest BCUT2D eigenvalue weighted by molar-refractivity contribution is 0.0505. The predicted molar refractivity (Wildman–Crippen MR) is 146 cm³/mol. The molecule has 2 N–H and O–H groups in total. The molecule has 0 amide bonds. The molecule has 0 aliphatic heterocycles. The molecule has 7 heteroatoms. The number of benzene rings is 4. The van der Waals surface area contributed by atoms with E-state index < -0.39 is 18.3 Å². The lowest BCUT2D eigenvalue weighted by atomic mass is 9.99. The average molecular weight is 497 g/mol. The molecule has 4 aromatic carbocycles. The SMILES string of the molecule is N#C/C(=C(/O)COC(=O)c1cc(-c2cccc3ccccc23)nc2ccccc12)c1nc2ccccc2[nH]1. The lowest BCUT2D eigenvalue weighted by Crippen LogP contribution is -2.10. The molecule has 0 fully saturated rings.